The van der Waals surface area contributed by atoms with Gasteiger partial charge in [-0.05, 0) is 24.1 Å². The van der Waals surface area contributed by atoms with Gasteiger partial charge >= 0.3 is 0 Å². The number of hydrogen-bond donors (Lipinski definition) is 2. The van der Waals surface area contributed by atoms with Crippen molar-refractivity contribution < 1.29 is 9.90 Å². The second kappa shape index (κ2) is 7.27. The quantitative estimate of drug-likeness (QED) is 0.634. The summed E-state index contributed by atoms with van der Waals surface area (Å²) in [5.41, 5.74) is 4.28. The number of amides is 1. The van der Waals surface area contributed by atoms with Gasteiger partial charge in [-0.3, -0.25) is 9.89 Å². The summed E-state index contributed by atoms with van der Waals surface area (Å²) in [4.78, 5) is 15.0. The van der Waals surface area contributed by atoms with Crippen molar-refractivity contribution in [3.8, 4) is 17.0 Å². The van der Waals surface area contributed by atoms with Crippen LogP contribution in [0.3, 0.4) is 0 Å². The van der Waals surface area contributed by atoms with Crippen LogP contribution in [0.15, 0.2) is 54.6 Å². The molecule has 5 nitrogen and oxygen atoms in total. The van der Waals surface area contributed by atoms with Crippen LogP contribution < -0.4 is 0 Å². The highest BCUT2D eigenvalue weighted by Gasteiger charge is 2.41. The van der Waals surface area contributed by atoms with E-state index in [1.807, 2.05) is 47.4 Å². The van der Waals surface area contributed by atoms with Crippen LogP contribution in [-0.2, 0) is 0 Å². The number of rotatable bonds is 6. The normalized spacial score (nSPS) is 16.0. The Bertz CT molecular complexity index is 932. The predicted molar refractivity (Wildman–Crippen MR) is 105 cm³/mol. The zero-order valence-electron chi connectivity index (χ0n) is 15.4. The Labute approximate surface area is 158 Å². The Kier molecular flexibility index (Phi) is 4.67. The number of nitrogens with one attached hydrogen (secondary N) is 1. The molecule has 1 aliphatic rings. The predicted octanol–water partition coefficient (Wildman–Crippen LogP) is 4.52. The van der Waals surface area contributed by atoms with Gasteiger partial charge in [0.15, 0.2) is 0 Å². The van der Waals surface area contributed by atoms with Gasteiger partial charge in [-0.25, -0.2) is 0 Å². The molecule has 0 spiro atoms. The van der Waals surface area contributed by atoms with Gasteiger partial charge in [0.05, 0.1) is 11.7 Å². The lowest BCUT2D eigenvalue weighted by Gasteiger charge is -2.26. The first-order chi connectivity index (χ1) is 13.2. The smallest absolute Gasteiger partial charge is 0.273 e. The fourth-order valence-corrected chi connectivity index (χ4v) is 3.78. The van der Waals surface area contributed by atoms with Crippen LogP contribution in [-0.4, -0.2) is 32.7 Å². The molecule has 1 aliphatic heterocycles. The number of aromatic nitrogens is 2. The third-order valence-corrected chi connectivity index (χ3v) is 5.12. The second-order valence-electron chi connectivity index (χ2n) is 6.93. The zero-order valence-corrected chi connectivity index (χ0v) is 15.4. The fraction of sp³-hybridized carbons (Fsp3) is 0.273. The number of hydrogen-bond acceptors (Lipinski definition) is 3. The number of aromatic amines is 1. The molecule has 138 valence electrons. The number of nitrogens with zero attached hydrogens (tertiary/aromatic N) is 2. The van der Waals surface area contributed by atoms with E-state index < -0.39 is 0 Å². The molecule has 1 atom stereocenters. The molecule has 0 radical (unpaired) electrons. The lowest BCUT2D eigenvalue weighted by Crippen LogP contribution is -2.30. The van der Waals surface area contributed by atoms with Gasteiger partial charge in [-0.15, -0.1) is 0 Å². The highest BCUT2D eigenvalue weighted by Crippen LogP contribution is 2.43. The van der Waals surface area contributed by atoms with Crippen molar-refractivity contribution in [2.24, 2.45) is 0 Å². The van der Waals surface area contributed by atoms with Gasteiger partial charge in [-0.1, -0.05) is 62.2 Å². The van der Waals surface area contributed by atoms with Crippen molar-refractivity contribution in [3.63, 3.8) is 0 Å². The number of benzene rings is 2. The molecule has 2 N–H and O–H groups in total. The van der Waals surface area contributed by atoms with Crippen LogP contribution in [0.4, 0.5) is 0 Å². The van der Waals surface area contributed by atoms with E-state index in [1.165, 1.54) is 0 Å². The van der Waals surface area contributed by atoms with Crippen LogP contribution in [0.5, 0.6) is 5.75 Å². The SMILES string of the molecule is CCCCCN1C(=O)c2[nH]nc(-c3ccccc3)c2C1c1ccc(O)cc1. The van der Waals surface area contributed by atoms with Gasteiger partial charge < -0.3 is 10.0 Å². The second-order valence-corrected chi connectivity index (χ2v) is 6.93. The Morgan fingerprint density at radius 3 is 2.52 bits per heavy atom. The average molecular weight is 361 g/mol. The zero-order chi connectivity index (χ0) is 18.8. The average Bonchev–Trinajstić information content (AvgIpc) is 3.23. The van der Waals surface area contributed by atoms with Crippen LogP contribution in [0.25, 0.3) is 11.3 Å². The number of fused-ring (bicyclic) bond motifs is 1. The van der Waals surface area contributed by atoms with Gasteiger partial charge in [0.2, 0.25) is 0 Å². The number of H-pyrrole nitrogens is 1. The lowest BCUT2D eigenvalue weighted by molar-refractivity contribution is 0.0740. The molecule has 1 unspecified atom stereocenters. The molecule has 4 rings (SSSR count). The molecule has 0 aliphatic carbocycles. The monoisotopic (exact) mass is 361 g/mol. The number of unbranched alkanes of at least 4 members (excludes halogenated alkanes) is 2. The molecule has 0 saturated heterocycles. The fourth-order valence-electron chi connectivity index (χ4n) is 3.78. The summed E-state index contributed by atoms with van der Waals surface area (Å²) >= 11 is 0. The number of phenols is 1. The minimum atomic E-state index is -0.195. The third-order valence-electron chi connectivity index (χ3n) is 5.12. The lowest BCUT2D eigenvalue weighted by atomic mass is 9.96. The molecule has 0 bridgehead atoms. The highest BCUT2D eigenvalue weighted by atomic mass is 16.3. The van der Waals surface area contributed by atoms with E-state index in [2.05, 4.69) is 17.1 Å². The number of aromatic hydroxyl groups is 1. The minimum Gasteiger partial charge on any atom is -0.508 e. The van der Waals surface area contributed by atoms with Gasteiger partial charge in [-0.2, -0.15) is 5.10 Å². The summed E-state index contributed by atoms with van der Waals surface area (Å²) in [7, 11) is 0. The topological polar surface area (TPSA) is 69.2 Å². The maximum atomic E-state index is 13.1. The highest BCUT2D eigenvalue weighted by molar-refractivity contribution is 6.00. The molecule has 27 heavy (non-hydrogen) atoms. The molecule has 3 aromatic rings. The Morgan fingerprint density at radius 1 is 1.07 bits per heavy atom. The van der Waals surface area contributed by atoms with Crippen molar-refractivity contribution in [1.82, 2.24) is 15.1 Å². The first-order valence-corrected chi connectivity index (χ1v) is 9.44. The van der Waals surface area contributed by atoms with Crippen LogP contribution in [0, 0.1) is 0 Å². The van der Waals surface area contributed by atoms with E-state index >= 15 is 0 Å². The molecule has 2 aromatic carbocycles. The Hall–Kier alpha value is -3.08. The number of phenolic OH excluding ortho intramolecular Hbond substituents is 1. The Morgan fingerprint density at radius 2 is 1.81 bits per heavy atom. The molecule has 2 heterocycles. The summed E-state index contributed by atoms with van der Waals surface area (Å²) < 4.78 is 0. The summed E-state index contributed by atoms with van der Waals surface area (Å²) in [6.45, 7) is 2.86. The van der Waals surface area contributed by atoms with Crippen molar-refractivity contribution in [2.45, 2.75) is 32.2 Å². The van der Waals surface area contributed by atoms with E-state index in [1.54, 1.807) is 12.1 Å². The van der Waals surface area contributed by atoms with E-state index in [0.717, 1.165) is 41.6 Å². The summed E-state index contributed by atoms with van der Waals surface area (Å²) in [5, 5.41) is 17.1. The van der Waals surface area contributed by atoms with Gasteiger partial charge in [0.1, 0.15) is 11.4 Å². The molecule has 5 heteroatoms. The summed E-state index contributed by atoms with van der Waals surface area (Å²) in [6, 6.07) is 16.9. The number of carbonyl (C=O) groups excluding carboxylic acids is 1. The largest absolute Gasteiger partial charge is 0.508 e. The Balaban J connectivity index is 1.81. The first kappa shape index (κ1) is 17.3. The van der Waals surface area contributed by atoms with E-state index in [0.29, 0.717) is 12.2 Å². The van der Waals surface area contributed by atoms with Crippen LogP contribution >= 0.6 is 0 Å². The molecule has 0 saturated carbocycles. The van der Waals surface area contributed by atoms with Crippen molar-refractivity contribution in [3.05, 3.63) is 71.4 Å². The number of carbonyl (C=O) groups is 1. The minimum absolute atomic E-state index is 0.00569. The maximum absolute atomic E-state index is 13.1. The standard InChI is InChI=1S/C22H23N3O2/c1-2-3-7-14-25-21(16-10-12-17(26)13-11-16)18-19(15-8-5-4-6-9-15)23-24-20(18)22(25)27/h4-6,8-13,21,26H,2-3,7,14H2,1H3,(H,23,24). The first-order valence-electron chi connectivity index (χ1n) is 9.44. The summed E-state index contributed by atoms with van der Waals surface area (Å²) in [5.74, 6) is 0.213. The molecule has 0 fully saturated rings. The molecular formula is C22H23N3O2. The van der Waals surface area contributed by atoms with Crippen LogP contribution in [0.1, 0.15) is 53.8 Å². The van der Waals surface area contributed by atoms with E-state index in [9.17, 15) is 9.90 Å². The molecule has 1 aromatic heterocycles. The van der Waals surface area contributed by atoms with E-state index in [4.69, 9.17) is 0 Å². The van der Waals surface area contributed by atoms with E-state index in [-0.39, 0.29) is 17.7 Å². The van der Waals surface area contributed by atoms with Crippen LogP contribution in [0.2, 0.25) is 0 Å². The van der Waals surface area contributed by atoms with Crippen molar-refractivity contribution in [2.75, 3.05) is 6.54 Å². The molecule has 1 amide bonds. The van der Waals surface area contributed by atoms with Crippen molar-refractivity contribution >= 4 is 5.91 Å². The third kappa shape index (κ3) is 3.10. The summed E-state index contributed by atoms with van der Waals surface area (Å²) in [6.07, 6.45) is 3.16. The maximum Gasteiger partial charge on any atom is 0.273 e. The van der Waals surface area contributed by atoms with Gasteiger partial charge in [0, 0.05) is 17.7 Å². The van der Waals surface area contributed by atoms with Gasteiger partial charge in [0.25, 0.3) is 5.91 Å². The molecular weight excluding hydrogens is 338 g/mol. The van der Waals surface area contributed by atoms with Crippen molar-refractivity contribution in [1.29, 1.82) is 0 Å².